The molecule has 136 valence electrons. The number of anilines is 1. The molecule has 1 saturated heterocycles. The van der Waals surface area contributed by atoms with E-state index in [1.165, 1.54) is 6.42 Å². The van der Waals surface area contributed by atoms with E-state index in [0.717, 1.165) is 36.8 Å². The van der Waals surface area contributed by atoms with Gasteiger partial charge >= 0.3 is 11.8 Å². The van der Waals surface area contributed by atoms with Crippen LogP contribution in [0.2, 0.25) is 0 Å². The van der Waals surface area contributed by atoms with Gasteiger partial charge in [0.25, 0.3) is 0 Å². The summed E-state index contributed by atoms with van der Waals surface area (Å²) in [4.78, 5) is 24.0. The molecule has 2 aliphatic rings. The van der Waals surface area contributed by atoms with Crippen LogP contribution >= 0.6 is 0 Å². The number of amides is 2. The summed E-state index contributed by atoms with van der Waals surface area (Å²) in [5.41, 5.74) is 2.81. The number of ether oxygens (including phenoxy) is 2. The Bertz CT molecular complexity index is 653. The fourth-order valence-electron chi connectivity index (χ4n) is 3.36. The summed E-state index contributed by atoms with van der Waals surface area (Å²) >= 11 is 0. The van der Waals surface area contributed by atoms with Crippen LogP contribution < -0.4 is 10.6 Å². The van der Waals surface area contributed by atoms with E-state index in [2.05, 4.69) is 10.6 Å². The molecule has 1 aromatic carbocycles. The highest BCUT2D eigenvalue weighted by Gasteiger charge is 2.42. The standard InChI is InChI=1S/C19H26N2O4/c1-13-6-7-15(10-14(13)2)21-18(23)17(22)20-11-16-12-24-19(25-16)8-4-3-5-9-19/h6-7,10,16H,3-5,8-9,11-12H2,1-2H3,(H,20,22)(H,21,23). The predicted molar refractivity (Wildman–Crippen MR) is 94.2 cm³/mol. The van der Waals surface area contributed by atoms with Crippen molar-refractivity contribution in [3.63, 3.8) is 0 Å². The van der Waals surface area contributed by atoms with Crippen LogP contribution in [0.3, 0.4) is 0 Å². The summed E-state index contributed by atoms with van der Waals surface area (Å²) in [5.74, 6) is -1.80. The van der Waals surface area contributed by atoms with Crippen molar-refractivity contribution in [1.82, 2.24) is 5.32 Å². The summed E-state index contributed by atoms with van der Waals surface area (Å²) < 4.78 is 11.8. The summed E-state index contributed by atoms with van der Waals surface area (Å²) in [5, 5.41) is 5.26. The lowest BCUT2D eigenvalue weighted by Gasteiger charge is -2.31. The van der Waals surface area contributed by atoms with Crippen LogP contribution in [-0.4, -0.2) is 36.9 Å². The average Bonchev–Trinajstić information content (AvgIpc) is 2.99. The molecule has 1 aliphatic heterocycles. The zero-order valence-corrected chi connectivity index (χ0v) is 14.9. The number of carbonyl (C=O) groups is 2. The largest absolute Gasteiger partial charge is 0.347 e. The maximum absolute atomic E-state index is 12.0. The first kappa shape index (κ1) is 17.9. The molecule has 25 heavy (non-hydrogen) atoms. The van der Waals surface area contributed by atoms with Crippen molar-refractivity contribution in [3.05, 3.63) is 29.3 Å². The fourth-order valence-corrected chi connectivity index (χ4v) is 3.36. The monoisotopic (exact) mass is 346 g/mol. The number of benzene rings is 1. The van der Waals surface area contributed by atoms with Crippen molar-refractivity contribution >= 4 is 17.5 Å². The molecule has 2 amide bonds. The van der Waals surface area contributed by atoms with E-state index in [1.807, 2.05) is 26.0 Å². The molecule has 1 unspecified atom stereocenters. The summed E-state index contributed by atoms with van der Waals surface area (Å²) in [6, 6.07) is 5.55. The van der Waals surface area contributed by atoms with Crippen LogP contribution in [0.5, 0.6) is 0 Å². The average molecular weight is 346 g/mol. The highest BCUT2D eigenvalue weighted by Crippen LogP contribution is 2.37. The lowest BCUT2D eigenvalue weighted by Crippen LogP contribution is -2.41. The third-order valence-corrected chi connectivity index (χ3v) is 4.99. The lowest BCUT2D eigenvalue weighted by atomic mass is 9.94. The van der Waals surface area contributed by atoms with Gasteiger partial charge in [0.2, 0.25) is 0 Å². The van der Waals surface area contributed by atoms with Gasteiger partial charge in [-0.1, -0.05) is 12.5 Å². The molecule has 3 rings (SSSR count). The van der Waals surface area contributed by atoms with Crippen molar-refractivity contribution in [2.45, 2.75) is 57.8 Å². The molecule has 1 saturated carbocycles. The number of rotatable bonds is 3. The molecule has 1 aliphatic carbocycles. The van der Waals surface area contributed by atoms with E-state index < -0.39 is 17.6 Å². The maximum Gasteiger partial charge on any atom is 0.313 e. The Kier molecular flexibility index (Phi) is 5.39. The van der Waals surface area contributed by atoms with Gasteiger partial charge in [0, 0.05) is 25.1 Å². The van der Waals surface area contributed by atoms with Gasteiger partial charge in [-0.2, -0.15) is 0 Å². The van der Waals surface area contributed by atoms with Crippen LogP contribution in [-0.2, 0) is 19.1 Å². The fraction of sp³-hybridized carbons (Fsp3) is 0.579. The highest BCUT2D eigenvalue weighted by molar-refractivity contribution is 6.39. The van der Waals surface area contributed by atoms with Crippen molar-refractivity contribution in [1.29, 1.82) is 0 Å². The molecule has 1 heterocycles. The van der Waals surface area contributed by atoms with Crippen molar-refractivity contribution in [2.24, 2.45) is 0 Å². The van der Waals surface area contributed by atoms with E-state index in [4.69, 9.17) is 9.47 Å². The van der Waals surface area contributed by atoms with E-state index >= 15 is 0 Å². The number of carbonyl (C=O) groups excluding carboxylic acids is 2. The van der Waals surface area contributed by atoms with Crippen LogP contribution in [0, 0.1) is 13.8 Å². The maximum atomic E-state index is 12.0. The molecule has 1 atom stereocenters. The molecule has 0 aromatic heterocycles. The van der Waals surface area contributed by atoms with Gasteiger partial charge in [-0.05, 0) is 49.9 Å². The first-order chi connectivity index (χ1) is 12.0. The first-order valence-corrected chi connectivity index (χ1v) is 8.96. The van der Waals surface area contributed by atoms with Gasteiger partial charge in [-0.25, -0.2) is 0 Å². The Morgan fingerprint density at radius 2 is 1.88 bits per heavy atom. The molecular weight excluding hydrogens is 320 g/mol. The molecule has 0 bridgehead atoms. The molecule has 0 radical (unpaired) electrons. The smallest absolute Gasteiger partial charge is 0.313 e. The van der Waals surface area contributed by atoms with E-state index in [1.54, 1.807) is 6.07 Å². The second-order valence-corrected chi connectivity index (χ2v) is 6.99. The number of hydrogen-bond acceptors (Lipinski definition) is 4. The van der Waals surface area contributed by atoms with E-state index in [0.29, 0.717) is 12.3 Å². The third kappa shape index (κ3) is 4.38. The summed E-state index contributed by atoms with van der Waals surface area (Å²) in [6.45, 7) is 4.69. The number of hydrogen-bond donors (Lipinski definition) is 2. The third-order valence-electron chi connectivity index (χ3n) is 4.99. The Hall–Kier alpha value is -1.92. The molecule has 1 aromatic rings. The normalized spacial score (nSPS) is 21.9. The molecule has 1 spiro atoms. The minimum Gasteiger partial charge on any atom is -0.347 e. The number of aryl methyl sites for hydroxylation is 2. The van der Waals surface area contributed by atoms with E-state index in [-0.39, 0.29) is 12.6 Å². The summed E-state index contributed by atoms with van der Waals surface area (Å²) in [7, 11) is 0. The van der Waals surface area contributed by atoms with Crippen LogP contribution in [0.25, 0.3) is 0 Å². The summed E-state index contributed by atoms with van der Waals surface area (Å²) in [6.07, 6.45) is 5.05. The van der Waals surface area contributed by atoms with E-state index in [9.17, 15) is 9.59 Å². The Labute approximate surface area is 148 Å². The van der Waals surface area contributed by atoms with Crippen molar-refractivity contribution < 1.29 is 19.1 Å². The first-order valence-electron chi connectivity index (χ1n) is 8.96. The van der Waals surface area contributed by atoms with Crippen LogP contribution in [0.15, 0.2) is 18.2 Å². The molecule has 2 fully saturated rings. The zero-order valence-electron chi connectivity index (χ0n) is 14.9. The Morgan fingerprint density at radius 3 is 2.60 bits per heavy atom. The lowest BCUT2D eigenvalue weighted by molar-refractivity contribution is -0.186. The number of nitrogens with one attached hydrogen (secondary N) is 2. The second kappa shape index (κ2) is 7.54. The Balaban J connectivity index is 1.46. The predicted octanol–water partition coefficient (Wildman–Crippen LogP) is 2.43. The van der Waals surface area contributed by atoms with Crippen LogP contribution in [0.1, 0.15) is 43.2 Å². The quantitative estimate of drug-likeness (QED) is 0.824. The Morgan fingerprint density at radius 1 is 1.12 bits per heavy atom. The van der Waals surface area contributed by atoms with Gasteiger partial charge < -0.3 is 20.1 Å². The minimum absolute atomic E-state index is 0.198. The zero-order chi connectivity index (χ0) is 17.9. The molecule has 6 heteroatoms. The highest BCUT2D eigenvalue weighted by atomic mass is 16.7. The van der Waals surface area contributed by atoms with Gasteiger partial charge in [0.1, 0.15) is 6.10 Å². The van der Waals surface area contributed by atoms with Crippen molar-refractivity contribution in [3.8, 4) is 0 Å². The molecule has 6 nitrogen and oxygen atoms in total. The van der Waals surface area contributed by atoms with Crippen LogP contribution in [0.4, 0.5) is 5.69 Å². The minimum atomic E-state index is -0.672. The molecular formula is C19H26N2O4. The second-order valence-electron chi connectivity index (χ2n) is 6.99. The van der Waals surface area contributed by atoms with Gasteiger partial charge in [-0.15, -0.1) is 0 Å². The van der Waals surface area contributed by atoms with Gasteiger partial charge in [0.05, 0.1) is 6.61 Å². The molecule has 2 N–H and O–H groups in total. The van der Waals surface area contributed by atoms with Crippen molar-refractivity contribution in [2.75, 3.05) is 18.5 Å². The van der Waals surface area contributed by atoms with Gasteiger partial charge in [0.15, 0.2) is 5.79 Å². The topological polar surface area (TPSA) is 76.7 Å². The van der Waals surface area contributed by atoms with Gasteiger partial charge in [-0.3, -0.25) is 9.59 Å². The SMILES string of the molecule is Cc1ccc(NC(=O)C(=O)NCC2COC3(CCCCC3)O2)cc1C.